The van der Waals surface area contributed by atoms with Gasteiger partial charge in [0, 0.05) is 0 Å². The zero-order chi connectivity index (χ0) is 13.5. The molecular formula is C16H17NO2S. The maximum Gasteiger partial charge on any atom is 0.309 e. The molecular weight excluding hydrogens is 270 g/mol. The van der Waals surface area contributed by atoms with Crippen molar-refractivity contribution in [1.29, 1.82) is 0 Å². The van der Waals surface area contributed by atoms with E-state index in [0.717, 1.165) is 27.6 Å². The van der Waals surface area contributed by atoms with Crippen molar-refractivity contribution in [2.45, 2.75) is 32.3 Å². The molecule has 2 bridgehead atoms. The van der Waals surface area contributed by atoms with Gasteiger partial charge in [-0.2, -0.15) is 0 Å². The predicted octanol–water partition coefficient (Wildman–Crippen LogP) is 3.78. The monoisotopic (exact) mass is 287 g/mol. The first-order valence-corrected chi connectivity index (χ1v) is 8.12. The van der Waals surface area contributed by atoms with Crippen molar-refractivity contribution >= 4 is 27.5 Å². The van der Waals surface area contributed by atoms with Crippen LogP contribution in [0.15, 0.2) is 24.3 Å². The molecule has 0 spiro atoms. The van der Waals surface area contributed by atoms with Gasteiger partial charge in [-0.25, -0.2) is 4.98 Å². The van der Waals surface area contributed by atoms with E-state index in [-0.39, 0.29) is 11.9 Å². The molecule has 2 aliphatic carbocycles. The fourth-order valence-electron chi connectivity index (χ4n) is 3.75. The molecule has 2 aliphatic rings. The Morgan fingerprint density at radius 1 is 1.30 bits per heavy atom. The lowest BCUT2D eigenvalue weighted by molar-refractivity contribution is -0.151. The summed E-state index contributed by atoms with van der Waals surface area (Å²) in [6.45, 7) is 0.325. The maximum absolute atomic E-state index is 12.2. The summed E-state index contributed by atoms with van der Waals surface area (Å²) >= 11 is 1.61. The van der Waals surface area contributed by atoms with E-state index in [1.54, 1.807) is 11.3 Å². The van der Waals surface area contributed by atoms with Gasteiger partial charge in [-0.05, 0) is 43.2 Å². The molecule has 4 rings (SSSR count). The van der Waals surface area contributed by atoms with Crippen LogP contribution in [0.2, 0.25) is 0 Å². The van der Waals surface area contributed by atoms with Gasteiger partial charge in [0.25, 0.3) is 0 Å². The summed E-state index contributed by atoms with van der Waals surface area (Å²) < 4.78 is 6.65. The SMILES string of the molecule is O=C(OCc1nc2ccccc2s1)C1CC2CCC1C2. The van der Waals surface area contributed by atoms with Crippen LogP contribution < -0.4 is 0 Å². The Hall–Kier alpha value is -1.42. The minimum atomic E-state index is -0.00328. The van der Waals surface area contributed by atoms with Crippen molar-refractivity contribution in [3.05, 3.63) is 29.3 Å². The van der Waals surface area contributed by atoms with E-state index in [1.807, 2.05) is 24.3 Å². The fourth-order valence-corrected chi connectivity index (χ4v) is 4.64. The van der Waals surface area contributed by atoms with Gasteiger partial charge in [-0.15, -0.1) is 11.3 Å². The quantitative estimate of drug-likeness (QED) is 0.807. The molecule has 0 saturated heterocycles. The van der Waals surface area contributed by atoms with Crippen molar-refractivity contribution in [2.24, 2.45) is 17.8 Å². The second-order valence-electron chi connectivity index (χ2n) is 5.96. The zero-order valence-electron chi connectivity index (χ0n) is 11.2. The average Bonchev–Trinajstić information content (AvgIpc) is 3.18. The number of benzene rings is 1. The average molecular weight is 287 g/mol. The number of para-hydroxylation sites is 1. The second kappa shape index (κ2) is 4.85. The normalized spacial score (nSPS) is 28.1. The molecule has 104 valence electrons. The van der Waals surface area contributed by atoms with E-state index in [1.165, 1.54) is 19.3 Å². The number of carbonyl (C=O) groups excluding carboxylic acids is 1. The Morgan fingerprint density at radius 2 is 2.20 bits per heavy atom. The highest BCUT2D eigenvalue weighted by molar-refractivity contribution is 7.18. The number of fused-ring (bicyclic) bond motifs is 3. The molecule has 3 nitrogen and oxygen atoms in total. The topological polar surface area (TPSA) is 39.2 Å². The van der Waals surface area contributed by atoms with E-state index in [2.05, 4.69) is 4.98 Å². The lowest BCUT2D eigenvalue weighted by Gasteiger charge is -2.19. The van der Waals surface area contributed by atoms with Crippen molar-refractivity contribution in [3.8, 4) is 0 Å². The van der Waals surface area contributed by atoms with Crippen LogP contribution in [0, 0.1) is 17.8 Å². The molecule has 1 aromatic carbocycles. The number of hydrogen-bond acceptors (Lipinski definition) is 4. The molecule has 4 heteroatoms. The number of hydrogen-bond donors (Lipinski definition) is 0. The predicted molar refractivity (Wildman–Crippen MR) is 78.4 cm³/mol. The van der Waals surface area contributed by atoms with Gasteiger partial charge in [-0.3, -0.25) is 4.79 Å². The molecule has 2 aromatic rings. The molecule has 3 atom stereocenters. The molecule has 1 heterocycles. The summed E-state index contributed by atoms with van der Waals surface area (Å²) in [7, 11) is 0. The lowest BCUT2D eigenvalue weighted by Crippen LogP contribution is -2.23. The van der Waals surface area contributed by atoms with Gasteiger partial charge in [0.1, 0.15) is 11.6 Å². The Balaban J connectivity index is 1.41. The summed E-state index contributed by atoms with van der Waals surface area (Å²) in [6, 6.07) is 8.03. The standard InChI is InChI=1S/C16H17NO2S/c18-16(12-8-10-5-6-11(12)7-10)19-9-15-17-13-3-1-2-4-14(13)20-15/h1-4,10-12H,5-9H2. The molecule has 0 radical (unpaired) electrons. The van der Waals surface area contributed by atoms with Gasteiger partial charge in [0.2, 0.25) is 0 Å². The van der Waals surface area contributed by atoms with Crippen LogP contribution in [-0.2, 0) is 16.1 Å². The highest BCUT2D eigenvalue weighted by Crippen LogP contribution is 2.48. The van der Waals surface area contributed by atoms with Crippen molar-refractivity contribution in [2.75, 3.05) is 0 Å². The van der Waals surface area contributed by atoms with Crippen LogP contribution in [0.25, 0.3) is 10.2 Å². The van der Waals surface area contributed by atoms with Crippen LogP contribution in [0.3, 0.4) is 0 Å². The first-order valence-electron chi connectivity index (χ1n) is 7.30. The molecule has 2 fully saturated rings. The van der Waals surface area contributed by atoms with Gasteiger partial charge in [0.05, 0.1) is 16.1 Å². The molecule has 1 aromatic heterocycles. The summed E-state index contributed by atoms with van der Waals surface area (Å²) in [6.07, 6.45) is 4.81. The van der Waals surface area contributed by atoms with E-state index >= 15 is 0 Å². The molecule has 0 N–H and O–H groups in total. The summed E-state index contributed by atoms with van der Waals surface area (Å²) in [5, 5.41) is 0.891. The van der Waals surface area contributed by atoms with Crippen LogP contribution >= 0.6 is 11.3 Å². The molecule has 20 heavy (non-hydrogen) atoms. The van der Waals surface area contributed by atoms with Gasteiger partial charge in [-0.1, -0.05) is 18.6 Å². The Kier molecular flexibility index (Phi) is 2.99. The highest BCUT2D eigenvalue weighted by atomic mass is 32.1. The highest BCUT2D eigenvalue weighted by Gasteiger charge is 2.43. The van der Waals surface area contributed by atoms with E-state index in [4.69, 9.17) is 4.74 Å². The first kappa shape index (κ1) is 12.3. The summed E-state index contributed by atoms with van der Waals surface area (Å²) in [5.41, 5.74) is 0.989. The third-order valence-corrected chi connectivity index (χ3v) is 5.73. The van der Waals surface area contributed by atoms with Crippen molar-refractivity contribution in [1.82, 2.24) is 4.98 Å². The largest absolute Gasteiger partial charge is 0.458 e. The molecule has 3 unspecified atom stereocenters. The maximum atomic E-state index is 12.2. The number of ether oxygens (including phenoxy) is 1. The third kappa shape index (κ3) is 2.12. The van der Waals surface area contributed by atoms with Crippen LogP contribution in [0.5, 0.6) is 0 Å². The fraction of sp³-hybridized carbons (Fsp3) is 0.500. The first-order chi connectivity index (χ1) is 9.79. The Bertz CT molecular complexity index is 618. The third-order valence-electron chi connectivity index (χ3n) is 4.72. The number of esters is 1. The summed E-state index contributed by atoms with van der Waals surface area (Å²) in [5.74, 6) is 1.52. The Morgan fingerprint density at radius 3 is 2.95 bits per heavy atom. The van der Waals surface area contributed by atoms with Crippen molar-refractivity contribution < 1.29 is 9.53 Å². The van der Waals surface area contributed by atoms with Gasteiger partial charge >= 0.3 is 5.97 Å². The van der Waals surface area contributed by atoms with Crippen molar-refractivity contribution in [3.63, 3.8) is 0 Å². The minimum absolute atomic E-state index is 0.00328. The van der Waals surface area contributed by atoms with Crippen LogP contribution in [-0.4, -0.2) is 11.0 Å². The van der Waals surface area contributed by atoms with Crippen LogP contribution in [0.4, 0.5) is 0 Å². The van der Waals surface area contributed by atoms with Crippen LogP contribution in [0.1, 0.15) is 30.7 Å². The number of rotatable bonds is 3. The number of carbonyl (C=O) groups is 1. The second-order valence-corrected chi connectivity index (χ2v) is 7.08. The molecule has 0 amide bonds. The summed E-state index contributed by atoms with van der Waals surface area (Å²) in [4.78, 5) is 16.7. The Labute approximate surface area is 122 Å². The number of thiazole rings is 1. The smallest absolute Gasteiger partial charge is 0.309 e. The lowest BCUT2D eigenvalue weighted by atomic mass is 9.89. The molecule has 0 aliphatic heterocycles. The number of aromatic nitrogens is 1. The van der Waals surface area contributed by atoms with E-state index < -0.39 is 0 Å². The van der Waals surface area contributed by atoms with Gasteiger partial charge in [0.15, 0.2) is 0 Å². The molecule has 2 saturated carbocycles. The van der Waals surface area contributed by atoms with Gasteiger partial charge < -0.3 is 4.74 Å². The minimum Gasteiger partial charge on any atom is -0.458 e. The zero-order valence-corrected chi connectivity index (χ0v) is 12.1. The number of nitrogens with zero attached hydrogens (tertiary/aromatic N) is 1. The van der Waals surface area contributed by atoms with E-state index in [0.29, 0.717) is 12.5 Å². The van der Waals surface area contributed by atoms with E-state index in [9.17, 15) is 4.79 Å².